The Bertz CT molecular complexity index is 396. The van der Waals surface area contributed by atoms with E-state index in [1.165, 1.54) is 17.5 Å². The highest BCUT2D eigenvalue weighted by atomic mass is 35.5. The fourth-order valence-electron chi connectivity index (χ4n) is 2.87. The van der Waals surface area contributed by atoms with Crippen molar-refractivity contribution < 1.29 is 4.74 Å². The molecule has 1 nitrogen and oxygen atoms in total. The first kappa shape index (κ1) is 14.9. The van der Waals surface area contributed by atoms with E-state index in [1.807, 2.05) is 0 Å². The summed E-state index contributed by atoms with van der Waals surface area (Å²) in [5.41, 5.74) is 2.76. The maximum atomic E-state index is 6.14. The van der Waals surface area contributed by atoms with Crippen LogP contribution in [0.5, 0.6) is 0 Å². The number of hydrogen-bond donors (Lipinski definition) is 0. The number of hydrogen-bond acceptors (Lipinski definition) is 1. The van der Waals surface area contributed by atoms with Crippen molar-refractivity contribution in [3.8, 4) is 0 Å². The summed E-state index contributed by atoms with van der Waals surface area (Å²) in [6.45, 7) is 6.49. The van der Waals surface area contributed by atoms with Crippen molar-refractivity contribution in [3.63, 3.8) is 0 Å². The van der Waals surface area contributed by atoms with Crippen LogP contribution in [0.25, 0.3) is 0 Å². The van der Waals surface area contributed by atoms with Crippen molar-refractivity contribution in [2.45, 2.75) is 58.2 Å². The minimum atomic E-state index is 0.0609. The van der Waals surface area contributed by atoms with Crippen molar-refractivity contribution in [2.24, 2.45) is 5.92 Å². The smallest absolute Gasteiger partial charge is 0.0631 e. The highest BCUT2D eigenvalue weighted by Gasteiger charge is 2.32. The second kappa shape index (κ2) is 6.28. The summed E-state index contributed by atoms with van der Waals surface area (Å²) >= 11 is 6.14. The second-order valence-electron chi connectivity index (χ2n) is 6.48. The minimum absolute atomic E-state index is 0.0609. The summed E-state index contributed by atoms with van der Waals surface area (Å²) in [5.74, 6) is 1.23. The Hall–Kier alpha value is -0.530. The fraction of sp³-hybridized carbons (Fsp3) is 0.647. The molecule has 2 heteroatoms. The quantitative estimate of drug-likeness (QED) is 0.708. The lowest BCUT2D eigenvalue weighted by molar-refractivity contribution is -0.0234. The van der Waals surface area contributed by atoms with Gasteiger partial charge in [0.1, 0.15) is 0 Å². The maximum absolute atomic E-state index is 6.14. The average molecular weight is 281 g/mol. The van der Waals surface area contributed by atoms with E-state index in [1.54, 1.807) is 0 Å². The molecule has 1 fully saturated rings. The van der Waals surface area contributed by atoms with E-state index in [-0.39, 0.29) is 5.60 Å². The molecule has 0 saturated carbocycles. The Morgan fingerprint density at radius 3 is 2.53 bits per heavy atom. The molecule has 1 aromatic carbocycles. The van der Waals surface area contributed by atoms with Crippen molar-refractivity contribution in [3.05, 3.63) is 35.4 Å². The molecule has 1 saturated heterocycles. The van der Waals surface area contributed by atoms with E-state index in [0.29, 0.717) is 17.9 Å². The van der Waals surface area contributed by atoms with Crippen molar-refractivity contribution in [2.75, 3.05) is 5.88 Å². The zero-order valence-corrected chi connectivity index (χ0v) is 13.0. The van der Waals surface area contributed by atoms with Crippen LogP contribution in [-0.4, -0.2) is 17.6 Å². The molecule has 1 heterocycles. The normalized spacial score (nSPS) is 23.5. The molecule has 0 N–H and O–H groups in total. The van der Waals surface area contributed by atoms with Crippen LogP contribution >= 0.6 is 11.6 Å². The van der Waals surface area contributed by atoms with Crippen LogP contribution in [0, 0.1) is 12.8 Å². The average Bonchev–Trinajstić information content (AvgIpc) is 2.70. The second-order valence-corrected chi connectivity index (χ2v) is 6.79. The number of alkyl halides is 1. The van der Waals surface area contributed by atoms with Crippen LogP contribution < -0.4 is 0 Å². The van der Waals surface area contributed by atoms with Gasteiger partial charge in [0.15, 0.2) is 0 Å². The van der Waals surface area contributed by atoms with Gasteiger partial charge >= 0.3 is 0 Å². The monoisotopic (exact) mass is 280 g/mol. The van der Waals surface area contributed by atoms with Gasteiger partial charge in [0.2, 0.25) is 0 Å². The van der Waals surface area contributed by atoms with Gasteiger partial charge in [-0.1, -0.05) is 29.8 Å². The predicted octanol–water partition coefficient (Wildman–Crippen LogP) is 4.74. The standard InChI is InChI=1S/C17H25ClO/c1-13-4-6-14(7-5-13)10-15(12-18)11-16-8-9-17(2,3)19-16/h4-7,15-16H,8-12H2,1-3H3. The zero-order valence-electron chi connectivity index (χ0n) is 12.3. The summed E-state index contributed by atoms with van der Waals surface area (Å²) in [4.78, 5) is 0. The lowest BCUT2D eigenvalue weighted by atomic mass is 9.93. The van der Waals surface area contributed by atoms with Gasteiger partial charge < -0.3 is 4.74 Å². The molecule has 1 aliphatic heterocycles. The van der Waals surface area contributed by atoms with Crippen LogP contribution in [-0.2, 0) is 11.2 Å². The van der Waals surface area contributed by atoms with Gasteiger partial charge in [0.25, 0.3) is 0 Å². The molecule has 1 aliphatic rings. The molecule has 19 heavy (non-hydrogen) atoms. The topological polar surface area (TPSA) is 9.23 Å². The molecule has 2 unspecified atom stereocenters. The van der Waals surface area contributed by atoms with Crippen LogP contribution in [0.1, 0.15) is 44.2 Å². The third-order valence-electron chi connectivity index (χ3n) is 4.01. The molecule has 0 aliphatic carbocycles. The number of rotatable bonds is 5. The molecule has 0 amide bonds. The third kappa shape index (κ3) is 4.50. The molecule has 1 aromatic rings. The largest absolute Gasteiger partial charge is 0.372 e. The Kier molecular flexibility index (Phi) is 4.92. The van der Waals surface area contributed by atoms with E-state index in [0.717, 1.165) is 19.3 Å². The molecule has 0 bridgehead atoms. The first-order valence-electron chi connectivity index (χ1n) is 7.28. The van der Waals surface area contributed by atoms with Crippen LogP contribution in [0.3, 0.4) is 0 Å². The summed E-state index contributed by atoms with van der Waals surface area (Å²) < 4.78 is 6.08. The van der Waals surface area contributed by atoms with Crippen molar-refractivity contribution >= 4 is 11.6 Å². The Balaban J connectivity index is 1.88. The summed E-state index contributed by atoms with van der Waals surface area (Å²) in [6.07, 6.45) is 4.88. The Morgan fingerprint density at radius 1 is 1.32 bits per heavy atom. The highest BCUT2D eigenvalue weighted by Crippen LogP contribution is 2.33. The van der Waals surface area contributed by atoms with Gasteiger partial charge in [-0.05, 0) is 57.9 Å². The summed E-state index contributed by atoms with van der Waals surface area (Å²) in [7, 11) is 0. The van der Waals surface area contributed by atoms with Gasteiger partial charge in [-0.3, -0.25) is 0 Å². The predicted molar refractivity (Wildman–Crippen MR) is 81.9 cm³/mol. The minimum Gasteiger partial charge on any atom is -0.372 e. The van der Waals surface area contributed by atoms with Gasteiger partial charge in [-0.2, -0.15) is 0 Å². The lowest BCUT2D eigenvalue weighted by Crippen LogP contribution is -2.22. The van der Waals surface area contributed by atoms with E-state index >= 15 is 0 Å². The van der Waals surface area contributed by atoms with Crippen LogP contribution in [0.15, 0.2) is 24.3 Å². The summed E-state index contributed by atoms with van der Waals surface area (Å²) in [6, 6.07) is 8.79. The molecule has 106 valence electrons. The van der Waals surface area contributed by atoms with E-state index in [4.69, 9.17) is 16.3 Å². The Morgan fingerprint density at radius 2 is 2.00 bits per heavy atom. The molecule has 0 spiro atoms. The number of ether oxygens (including phenoxy) is 1. The lowest BCUT2D eigenvalue weighted by Gasteiger charge is -2.22. The first-order valence-corrected chi connectivity index (χ1v) is 7.81. The van der Waals surface area contributed by atoms with Gasteiger partial charge in [0.05, 0.1) is 11.7 Å². The SMILES string of the molecule is Cc1ccc(CC(CCl)CC2CCC(C)(C)O2)cc1. The zero-order chi connectivity index (χ0) is 13.9. The van der Waals surface area contributed by atoms with Crippen LogP contribution in [0.2, 0.25) is 0 Å². The molecular formula is C17H25ClO. The molecule has 0 radical (unpaired) electrons. The third-order valence-corrected chi connectivity index (χ3v) is 4.45. The molecule has 2 rings (SSSR count). The van der Waals surface area contributed by atoms with E-state index in [9.17, 15) is 0 Å². The molecule has 0 aromatic heterocycles. The summed E-state index contributed by atoms with van der Waals surface area (Å²) in [5, 5.41) is 0. The first-order chi connectivity index (χ1) is 8.98. The van der Waals surface area contributed by atoms with E-state index in [2.05, 4.69) is 45.0 Å². The van der Waals surface area contributed by atoms with Crippen molar-refractivity contribution in [1.29, 1.82) is 0 Å². The van der Waals surface area contributed by atoms with Gasteiger partial charge in [-0.25, -0.2) is 0 Å². The number of halogens is 1. The number of benzene rings is 1. The van der Waals surface area contributed by atoms with Gasteiger partial charge in [-0.15, -0.1) is 11.6 Å². The fourth-order valence-corrected chi connectivity index (χ4v) is 3.11. The Labute approximate surface area is 122 Å². The van der Waals surface area contributed by atoms with Crippen molar-refractivity contribution in [1.82, 2.24) is 0 Å². The molecular weight excluding hydrogens is 256 g/mol. The van der Waals surface area contributed by atoms with E-state index < -0.39 is 0 Å². The molecule has 2 atom stereocenters. The van der Waals surface area contributed by atoms with Crippen LogP contribution in [0.4, 0.5) is 0 Å². The number of aryl methyl sites for hydroxylation is 1. The highest BCUT2D eigenvalue weighted by molar-refractivity contribution is 6.18. The van der Waals surface area contributed by atoms with Gasteiger partial charge in [0, 0.05) is 5.88 Å². The maximum Gasteiger partial charge on any atom is 0.0631 e.